The highest BCUT2D eigenvalue weighted by Crippen LogP contribution is 2.33. The molecule has 3 nitrogen and oxygen atoms in total. The molecule has 0 aliphatic heterocycles. The molecule has 0 saturated carbocycles. The number of carbonyl (C=O) groups is 1. The van der Waals surface area contributed by atoms with Gasteiger partial charge in [-0.25, -0.2) is 0 Å². The Balaban J connectivity index is 2.26. The van der Waals surface area contributed by atoms with Gasteiger partial charge in [0.25, 0.3) is 5.91 Å². The van der Waals surface area contributed by atoms with Gasteiger partial charge in [-0.15, -0.1) is 0 Å². The third kappa shape index (κ3) is 3.55. The van der Waals surface area contributed by atoms with E-state index in [-0.39, 0.29) is 11.7 Å². The van der Waals surface area contributed by atoms with Crippen molar-refractivity contribution >= 4 is 71.0 Å². The first-order chi connectivity index (χ1) is 9.38. The van der Waals surface area contributed by atoms with E-state index in [2.05, 4.69) is 53.1 Å². The number of carbonyl (C=O) groups excluding carboxylic acids is 1. The van der Waals surface area contributed by atoms with Crippen molar-refractivity contribution in [2.24, 2.45) is 0 Å². The molecule has 0 radical (unpaired) electrons. The second kappa shape index (κ2) is 6.47. The first-order valence-corrected chi connectivity index (χ1v) is 8.08. The predicted molar refractivity (Wildman–Crippen MR) is 90.6 cm³/mol. The highest BCUT2D eigenvalue weighted by atomic mass is 79.9. The fourth-order valence-electron chi connectivity index (χ4n) is 1.47. The largest absolute Gasteiger partial charge is 0.506 e. The maximum absolute atomic E-state index is 12.1. The topological polar surface area (TPSA) is 49.3 Å². The normalized spacial score (nSPS) is 10.4. The highest BCUT2D eigenvalue weighted by molar-refractivity contribution is 9.11. The fourth-order valence-corrected chi connectivity index (χ4v) is 3.09. The highest BCUT2D eigenvalue weighted by Gasteiger charge is 2.12. The van der Waals surface area contributed by atoms with E-state index in [0.29, 0.717) is 25.2 Å². The number of nitrogens with one attached hydrogen (secondary N) is 1. The van der Waals surface area contributed by atoms with E-state index in [1.54, 1.807) is 18.2 Å². The molecule has 0 aliphatic rings. The molecule has 0 heterocycles. The Kier molecular flexibility index (Phi) is 5.12. The summed E-state index contributed by atoms with van der Waals surface area (Å²) in [6, 6.07) is 8.21. The number of hydrogen-bond acceptors (Lipinski definition) is 2. The van der Waals surface area contributed by atoms with Gasteiger partial charge in [-0.05, 0) is 78.1 Å². The lowest BCUT2D eigenvalue weighted by molar-refractivity contribution is 0.102. The van der Waals surface area contributed by atoms with Crippen LogP contribution in [0.4, 0.5) is 5.69 Å². The van der Waals surface area contributed by atoms with Crippen LogP contribution in [0.3, 0.4) is 0 Å². The smallest absolute Gasteiger partial charge is 0.255 e. The lowest BCUT2D eigenvalue weighted by atomic mass is 10.2. The van der Waals surface area contributed by atoms with Crippen molar-refractivity contribution in [3.63, 3.8) is 0 Å². The lowest BCUT2D eigenvalue weighted by Gasteiger charge is -2.08. The molecule has 0 fully saturated rings. The van der Waals surface area contributed by atoms with Crippen molar-refractivity contribution in [3.05, 3.63) is 54.3 Å². The predicted octanol–water partition coefficient (Wildman–Crippen LogP) is 5.59. The third-order valence-electron chi connectivity index (χ3n) is 2.46. The Bertz CT molecular complexity index is 668. The van der Waals surface area contributed by atoms with Gasteiger partial charge in [-0.2, -0.15) is 0 Å². The molecular formula is C13H7Br3ClNO2. The van der Waals surface area contributed by atoms with Gasteiger partial charge in [-0.1, -0.05) is 11.6 Å². The molecule has 0 atom stereocenters. The zero-order valence-corrected chi connectivity index (χ0v) is 15.3. The van der Waals surface area contributed by atoms with E-state index >= 15 is 0 Å². The SMILES string of the molecule is O=C(Nc1ccc(Br)c(Cl)c1)c1cc(Br)c(O)c(Br)c1. The molecule has 0 aromatic heterocycles. The number of halogens is 4. The van der Waals surface area contributed by atoms with Crippen molar-refractivity contribution in [1.29, 1.82) is 0 Å². The summed E-state index contributed by atoms with van der Waals surface area (Å²) in [5.41, 5.74) is 0.990. The van der Waals surface area contributed by atoms with Crippen molar-refractivity contribution < 1.29 is 9.90 Å². The molecule has 0 spiro atoms. The lowest BCUT2D eigenvalue weighted by Crippen LogP contribution is -2.11. The van der Waals surface area contributed by atoms with Crippen LogP contribution in [-0.4, -0.2) is 11.0 Å². The van der Waals surface area contributed by atoms with Crippen molar-refractivity contribution in [1.82, 2.24) is 0 Å². The number of hydrogen-bond donors (Lipinski definition) is 2. The Labute approximate surface area is 145 Å². The fraction of sp³-hybridized carbons (Fsp3) is 0. The minimum absolute atomic E-state index is 0.0493. The van der Waals surface area contributed by atoms with Crippen LogP contribution in [0.5, 0.6) is 5.75 Å². The Morgan fingerprint density at radius 1 is 1.05 bits per heavy atom. The van der Waals surface area contributed by atoms with Crippen molar-refractivity contribution in [2.45, 2.75) is 0 Å². The van der Waals surface area contributed by atoms with Gasteiger partial charge >= 0.3 is 0 Å². The maximum atomic E-state index is 12.1. The van der Waals surface area contributed by atoms with Crippen LogP contribution < -0.4 is 5.32 Å². The molecule has 2 aromatic carbocycles. The van der Waals surface area contributed by atoms with E-state index in [4.69, 9.17) is 11.6 Å². The molecule has 7 heteroatoms. The summed E-state index contributed by atoms with van der Waals surface area (Å²) in [6.07, 6.45) is 0. The minimum atomic E-state index is -0.301. The zero-order valence-electron chi connectivity index (χ0n) is 9.75. The summed E-state index contributed by atoms with van der Waals surface area (Å²) in [7, 11) is 0. The number of phenols is 1. The Hall–Kier alpha value is -0.560. The average molecular weight is 484 g/mol. The van der Waals surface area contributed by atoms with Gasteiger partial charge in [0.15, 0.2) is 0 Å². The molecule has 0 aliphatic carbocycles. The van der Waals surface area contributed by atoms with Gasteiger partial charge in [0.1, 0.15) is 5.75 Å². The van der Waals surface area contributed by atoms with E-state index < -0.39 is 0 Å². The summed E-state index contributed by atoms with van der Waals surface area (Å²) in [5, 5.41) is 12.9. The van der Waals surface area contributed by atoms with Gasteiger partial charge in [0, 0.05) is 15.7 Å². The van der Waals surface area contributed by atoms with E-state index in [0.717, 1.165) is 4.47 Å². The number of rotatable bonds is 2. The summed E-state index contributed by atoms with van der Waals surface area (Å²) >= 11 is 15.6. The molecule has 2 rings (SSSR count). The van der Waals surface area contributed by atoms with Crippen LogP contribution in [0.15, 0.2) is 43.7 Å². The summed E-state index contributed by atoms with van der Waals surface area (Å²) in [4.78, 5) is 12.1. The number of aromatic hydroxyl groups is 1. The maximum Gasteiger partial charge on any atom is 0.255 e. The molecule has 0 bridgehead atoms. The second-order valence-corrected chi connectivity index (χ2v) is 6.84. The van der Waals surface area contributed by atoms with Crippen LogP contribution in [-0.2, 0) is 0 Å². The molecule has 2 aromatic rings. The van der Waals surface area contributed by atoms with E-state index in [9.17, 15) is 9.90 Å². The summed E-state index contributed by atoms with van der Waals surface area (Å²) in [5.74, 6) is -0.252. The van der Waals surface area contributed by atoms with Crippen LogP contribution in [0.2, 0.25) is 5.02 Å². The zero-order chi connectivity index (χ0) is 14.9. The number of anilines is 1. The molecule has 0 unspecified atom stereocenters. The van der Waals surface area contributed by atoms with Crippen LogP contribution in [0, 0.1) is 0 Å². The molecule has 1 amide bonds. The molecule has 2 N–H and O–H groups in total. The van der Waals surface area contributed by atoms with Crippen LogP contribution >= 0.6 is 59.4 Å². The van der Waals surface area contributed by atoms with Crippen LogP contribution in [0.1, 0.15) is 10.4 Å². The van der Waals surface area contributed by atoms with Crippen LogP contribution in [0.25, 0.3) is 0 Å². The molecule has 0 saturated heterocycles. The summed E-state index contributed by atoms with van der Waals surface area (Å²) < 4.78 is 1.63. The first-order valence-electron chi connectivity index (χ1n) is 5.33. The van der Waals surface area contributed by atoms with Gasteiger partial charge < -0.3 is 10.4 Å². The van der Waals surface area contributed by atoms with Gasteiger partial charge in [0.05, 0.1) is 14.0 Å². The Morgan fingerprint density at radius 3 is 2.20 bits per heavy atom. The summed E-state index contributed by atoms with van der Waals surface area (Å²) in [6.45, 7) is 0. The third-order valence-corrected chi connectivity index (χ3v) is 4.90. The molecule has 20 heavy (non-hydrogen) atoms. The average Bonchev–Trinajstić information content (AvgIpc) is 2.39. The molecular weight excluding hydrogens is 477 g/mol. The number of benzene rings is 2. The Morgan fingerprint density at radius 2 is 1.65 bits per heavy atom. The van der Waals surface area contributed by atoms with Gasteiger partial charge in [-0.3, -0.25) is 4.79 Å². The first kappa shape index (κ1) is 15.8. The van der Waals surface area contributed by atoms with Gasteiger partial charge in [0.2, 0.25) is 0 Å². The monoisotopic (exact) mass is 481 g/mol. The van der Waals surface area contributed by atoms with E-state index in [1.165, 1.54) is 12.1 Å². The quantitative estimate of drug-likeness (QED) is 0.585. The van der Waals surface area contributed by atoms with E-state index in [1.807, 2.05) is 0 Å². The number of amides is 1. The number of phenolic OH excluding ortho intramolecular Hbond substituents is 1. The van der Waals surface area contributed by atoms with Crippen molar-refractivity contribution in [3.8, 4) is 5.75 Å². The standard InChI is InChI=1S/C13H7Br3ClNO2/c14-8-2-1-7(5-11(8)17)18-13(20)6-3-9(15)12(19)10(16)4-6/h1-5,19H,(H,18,20). The second-order valence-electron chi connectivity index (χ2n) is 3.87. The molecule has 104 valence electrons. The van der Waals surface area contributed by atoms with Crippen molar-refractivity contribution in [2.75, 3.05) is 5.32 Å². The minimum Gasteiger partial charge on any atom is -0.506 e.